The maximum atomic E-state index is 5.17. The van der Waals surface area contributed by atoms with Crippen molar-refractivity contribution in [1.82, 2.24) is 0 Å². The summed E-state index contributed by atoms with van der Waals surface area (Å²) < 4.78 is 5.17. The molecule has 0 bridgehead atoms. The van der Waals surface area contributed by atoms with Crippen molar-refractivity contribution in [2.24, 2.45) is 0 Å². The molecular weight excluding hydrogens is 356 g/mol. The summed E-state index contributed by atoms with van der Waals surface area (Å²) in [5.74, 6) is 0.879. The van der Waals surface area contributed by atoms with Crippen molar-refractivity contribution in [2.75, 3.05) is 7.11 Å². The molecule has 1 nitrogen and oxygen atoms in total. The number of methoxy groups -OCH3 is 1. The fourth-order valence-electron chi connectivity index (χ4n) is 1.76. The highest BCUT2D eigenvalue weighted by atomic mass is 79.9. The second-order valence-electron chi connectivity index (χ2n) is 3.99. The number of ether oxygens (including phenoxy) is 1. The number of alkyl halides is 2. The largest absolute Gasteiger partial charge is 0.497 e. The van der Waals surface area contributed by atoms with Gasteiger partial charge in [0.1, 0.15) is 5.75 Å². The van der Waals surface area contributed by atoms with E-state index in [0.29, 0.717) is 0 Å². The zero-order chi connectivity index (χ0) is 13.0. The molecule has 0 aliphatic heterocycles. The van der Waals surface area contributed by atoms with Gasteiger partial charge in [-0.2, -0.15) is 0 Å². The monoisotopic (exact) mass is 368 g/mol. The molecule has 94 valence electrons. The predicted molar refractivity (Wildman–Crippen MR) is 82.8 cm³/mol. The number of hydrogen-bond acceptors (Lipinski definition) is 1. The number of hydrogen-bond donors (Lipinski definition) is 0. The van der Waals surface area contributed by atoms with Crippen molar-refractivity contribution >= 4 is 31.9 Å². The van der Waals surface area contributed by atoms with Crippen molar-refractivity contribution in [3.63, 3.8) is 0 Å². The van der Waals surface area contributed by atoms with Crippen LogP contribution in [-0.4, -0.2) is 7.11 Å². The molecule has 0 saturated heterocycles. The molecule has 0 N–H and O–H groups in total. The van der Waals surface area contributed by atoms with E-state index in [4.69, 9.17) is 4.74 Å². The summed E-state index contributed by atoms with van der Waals surface area (Å²) in [5.41, 5.74) is 2.48. The summed E-state index contributed by atoms with van der Waals surface area (Å²) in [6.07, 6.45) is 0. The Morgan fingerprint density at radius 1 is 0.778 bits per heavy atom. The highest BCUT2D eigenvalue weighted by Gasteiger charge is 2.19. The van der Waals surface area contributed by atoms with Crippen molar-refractivity contribution in [2.45, 2.75) is 9.65 Å². The van der Waals surface area contributed by atoms with Crippen molar-refractivity contribution < 1.29 is 4.74 Å². The van der Waals surface area contributed by atoms with E-state index in [1.54, 1.807) is 7.11 Å². The fourth-order valence-corrected chi connectivity index (χ4v) is 2.98. The topological polar surface area (TPSA) is 9.23 Å². The summed E-state index contributed by atoms with van der Waals surface area (Å²) in [6, 6.07) is 18.5. The maximum Gasteiger partial charge on any atom is 0.118 e. The van der Waals surface area contributed by atoms with Gasteiger partial charge in [-0.3, -0.25) is 0 Å². The van der Waals surface area contributed by atoms with E-state index in [-0.39, 0.29) is 9.65 Å². The summed E-state index contributed by atoms with van der Waals surface area (Å²) in [6.45, 7) is 0. The van der Waals surface area contributed by atoms with Gasteiger partial charge >= 0.3 is 0 Å². The van der Waals surface area contributed by atoms with E-state index in [9.17, 15) is 0 Å². The van der Waals surface area contributed by atoms with Gasteiger partial charge in [0.05, 0.1) is 16.8 Å². The van der Waals surface area contributed by atoms with Crippen LogP contribution < -0.4 is 4.74 Å². The van der Waals surface area contributed by atoms with Crippen LogP contribution in [0.15, 0.2) is 54.6 Å². The second-order valence-corrected chi connectivity index (χ2v) is 5.96. The van der Waals surface area contributed by atoms with E-state index in [0.717, 1.165) is 5.75 Å². The molecule has 2 rings (SSSR count). The van der Waals surface area contributed by atoms with Gasteiger partial charge in [-0.1, -0.05) is 74.3 Å². The Bertz CT molecular complexity index is 482. The average Bonchev–Trinajstić information content (AvgIpc) is 2.47. The maximum absolute atomic E-state index is 5.17. The van der Waals surface area contributed by atoms with Crippen molar-refractivity contribution in [3.8, 4) is 5.75 Å². The van der Waals surface area contributed by atoms with Gasteiger partial charge in [0.25, 0.3) is 0 Å². The zero-order valence-electron chi connectivity index (χ0n) is 10.0. The molecule has 3 heteroatoms. The molecule has 0 spiro atoms. The summed E-state index contributed by atoms with van der Waals surface area (Å²) in [7, 11) is 1.68. The molecule has 0 fully saturated rings. The van der Waals surface area contributed by atoms with Crippen LogP contribution in [0.2, 0.25) is 0 Å². The minimum absolute atomic E-state index is 0.228. The molecule has 18 heavy (non-hydrogen) atoms. The van der Waals surface area contributed by atoms with E-state index < -0.39 is 0 Å². The average molecular weight is 370 g/mol. The Balaban J connectivity index is 2.17. The van der Waals surface area contributed by atoms with Crippen LogP contribution in [0.25, 0.3) is 0 Å². The molecule has 2 atom stereocenters. The summed E-state index contributed by atoms with van der Waals surface area (Å²) in [4.78, 5) is 0.470. The number of rotatable bonds is 4. The third kappa shape index (κ3) is 3.15. The summed E-state index contributed by atoms with van der Waals surface area (Å²) in [5, 5.41) is 0. The third-order valence-electron chi connectivity index (χ3n) is 2.81. The minimum Gasteiger partial charge on any atom is -0.497 e. The third-order valence-corrected chi connectivity index (χ3v) is 5.63. The highest BCUT2D eigenvalue weighted by Crippen LogP contribution is 2.42. The first-order valence-electron chi connectivity index (χ1n) is 5.69. The smallest absolute Gasteiger partial charge is 0.118 e. The fraction of sp³-hybridized carbons (Fsp3) is 0.200. The first kappa shape index (κ1) is 13.6. The molecule has 0 radical (unpaired) electrons. The lowest BCUT2D eigenvalue weighted by Gasteiger charge is -2.17. The van der Waals surface area contributed by atoms with Crippen molar-refractivity contribution in [1.29, 1.82) is 0 Å². The van der Waals surface area contributed by atoms with Gasteiger partial charge in [-0.25, -0.2) is 0 Å². The van der Waals surface area contributed by atoms with Crippen LogP contribution in [0.3, 0.4) is 0 Å². The van der Waals surface area contributed by atoms with Gasteiger partial charge in [0.15, 0.2) is 0 Å². The van der Waals surface area contributed by atoms with Crippen molar-refractivity contribution in [3.05, 3.63) is 65.7 Å². The first-order valence-corrected chi connectivity index (χ1v) is 7.52. The molecule has 0 aliphatic carbocycles. The molecule has 0 aromatic heterocycles. The van der Waals surface area contributed by atoms with Crippen LogP contribution in [0.4, 0.5) is 0 Å². The molecule has 0 saturated carbocycles. The highest BCUT2D eigenvalue weighted by molar-refractivity contribution is 9.12. The van der Waals surface area contributed by atoms with Crippen LogP contribution in [0, 0.1) is 0 Å². The Labute approximate surface area is 124 Å². The standard InChI is InChI=1S/C15H14Br2O/c1-18-13-9-7-12(8-10-13)15(17)14(16)11-5-3-2-4-6-11/h2-10,14-15H,1H3. The summed E-state index contributed by atoms with van der Waals surface area (Å²) >= 11 is 7.49. The van der Waals surface area contributed by atoms with Crippen LogP contribution >= 0.6 is 31.9 Å². The predicted octanol–water partition coefficient (Wildman–Crippen LogP) is 5.27. The Hall–Kier alpha value is -0.800. The van der Waals surface area contributed by atoms with Gasteiger partial charge in [-0.05, 0) is 23.3 Å². The zero-order valence-corrected chi connectivity index (χ0v) is 13.2. The second kappa shape index (κ2) is 6.39. The SMILES string of the molecule is COc1ccc(C(Br)C(Br)c2ccccc2)cc1. The molecule has 2 aromatic rings. The number of benzene rings is 2. The molecule has 2 aromatic carbocycles. The quantitative estimate of drug-likeness (QED) is 0.667. The lowest BCUT2D eigenvalue weighted by Crippen LogP contribution is -1.99. The Kier molecular flexibility index (Phi) is 4.84. The van der Waals surface area contributed by atoms with Gasteiger partial charge in [0.2, 0.25) is 0 Å². The first-order chi connectivity index (χ1) is 8.72. The Morgan fingerprint density at radius 3 is 1.78 bits per heavy atom. The van der Waals surface area contributed by atoms with Crippen LogP contribution in [0.5, 0.6) is 5.75 Å². The van der Waals surface area contributed by atoms with Gasteiger partial charge < -0.3 is 4.74 Å². The Morgan fingerprint density at radius 2 is 1.28 bits per heavy atom. The van der Waals surface area contributed by atoms with E-state index >= 15 is 0 Å². The van der Waals surface area contributed by atoms with Crippen LogP contribution in [0.1, 0.15) is 20.8 Å². The van der Waals surface area contributed by atoms with Gasteiger partial charge in [-0.15, -0.1) is 0 Å². The lowest BCUT2D eigenvalue weighted by atomic mass is 10.0. The normalized spacial score (nSPS) is 13.9. The number of halogens is 2. The molecule has 0 heterocycles. The lowest BCUT2D eigenvalue weighted by molar-refractivity contribution is 0.414. The minimum atomic E-state index is 0.228. The van der Waals surface area contributed by atoms with Gasteiger partial charge in [0, 0.05) is 0 Å². The van der Waals surface area contributed by atoms with E-state index in [1.807, 2.05) is 18.2 Å². The molecule has 2 unspecified atom stereocenters. The van der Waals surface area contributed by atoms with Crippen LogP contribution in [-0.2, 0) is 0 Å². The molecular formula is C15H14Br2O. The molecule has 0 amide bonds. The van der Waals surface area contributed by atoms with E-state index in [2.05, 4.69) is 68.3 Å². The van der Waals surface area contributed by atoms with E-state index in [1.165, 1.54) is 11.1 Å². The molecule has 0 aliphatic rings.